The zero-order chi connectivity index (χ0) is 24.8. The molecular weight excluding hydrogens is 512 g/mol. The molecule has 1 atom stereocenters. The first-order valence-electron chi connectivity index (χ1n) is 11.4. The number of unbranched alkanes of at least 4 members (excludes halogenated alkanes) is 1. The first kappa shape index (κ1) is 28.4. The summed E-state index contributed by atoms with van der Waals surface area (Å²) >= 11 is 12.3. The number of aryl methyl sites for hydroxylation is 1. The smallest absolute Gasteiger partial charge is 0.549 e. The Balaban J connectivity index is 0.00000361. The maximum atomic E-state index is 12.4. The Hall–Kier alpha value is -2.22. The van der Waals surface area contributed by atoms with Crippen molar-refractivity contribution in [2.45, 2.75) is 31.6 Å². The van der Waals surface area contributed by atoms with Crippen molar-refractivity contribution in [3.8, 4) is 17.2 Å². The van der Waals surface area contributed by atoms with Gasteiger partial charge in [0.25, 0.3) is 5.91 Å². The second-order valence-electron chi connectivity index (χ2n) is 8.30. The topological polar surface area (TPSA) is 87.7 Å². The van der Waals surface area contributed by atoms with E-state index >= 15 is 0 Å². The van der Waals surface area contributed by atoms with Crippen molar-refractivity contribution in [1.82, 2.24) is 5.32 Å². The summed E-state index contributed by atoms with van der Waals surface area (Å²) in [6, 6.07) is 17.6. The minimum Gasteiger partial charge on any atom is -0.549 e. The van der Waals surface area contributed by atoms with Gasteiger partial charge in [0, 0.05) is 40.6 Å². The van der Waals surface area contributed by atoms with Crippen LogP contribution in [0.1, 0.15) is 46.7 Å². The van der Waals surface area contributed by atoms with E-state index in [9.17, 15) is 14.7 Å². The van der Waals surface area contributed by atoms with Crippen molar-refractivity contribution in [3.05, 3.63) is 87.4 Å². The van der Waals surface area contributed by atoms with Crippen LogP contribution in [0.4, 0.5) is 0 Å². The molecule has 36 heavy (non-hydrogen) atoms. The molecule has 1 unspecified atom stereocenters. The van der Waals surface area contributed by atoms with E-state index in [1.54, 1.807) is 36.4 Å². The summed E-state index contributed by atoms with van der Waals surface area (Å²) in [5.74, 6) is -0.850. The van der Waals surface area contributed by atoms with Crippen LogP contribution in [0, 0.1) is 0 Å². The number of rotatable bonds is 9. The molecule has 0 saturated carbocycles. The van der Waals surface area contributed by atoms with E-state index in [1.165, 1.54) is 5.56 Å². The van der Waals surface area contributed by atoms with E-state index in [4.69, 9.17) is 32.7 Å². The summed E-state index contributed by atoms with van der Waals surface area (Å²) in [5, 5.41) is 15.3. The van der Waals surface area contributed by atoms with Gasteiger partial charge in [-0.15, -0.1) is 0 Å². The van der Waals surface area contributed by atoms with E-state index in [1.807, 2.05) is 24.3 Å². The molecule has 9 heteroatoms. The van der Waals surface area contributed by atoms with Crippen LogP contribution in [0.2, 0.25) is 10.0 Å². The number of amides is 1. The van der Waals surface area contributed by atoms with E-state index < -0.39 is 11.9 Å². The van der Waals surface area contributed by atoms with Gasteiger partial charge < -0.3 is 24.7 Å². The van der Waals surface area contributed by atoms with Gasteiger partial charge >= 0.3 is 29.6 Å². The molecule has 3 aromatic carbocycles. The number of halogens is 2. The molecule has 0 radical (unpaired) electrons. The maximum absolute atomic E-state index is 12.4. The van der Waals surface area contributed by atoms with Crippen molar-refractivity contribution >= 4 is 35.1 Å². The Kier molecular flexibility index (Phi) is 10.5. The van der Waals surface area contributed by atoms with Gasteiger partial charge in [0.15, 0.2) is 0 Å². The second-order valence-corrected chi connectivity index (χ2v) is 9.14. The van der Waals surface area contributed by atoms with Gasteiger partial charge in [-0.3, -0.25) is 4.79 Å². The van der Waals surface area contributed by atoms with Gasteiger partial charge in [0.1, 0.15) is 17.2 Å². The van der Waals surface area contributed by atoms with Crippen molar-refractivity contribution in [2.75, 3.05) is 13.2 Å². The van der Waals surface area contributed by atoms with Crippen molar-refractivity contribution < 1.29 is 53.7 Å². The average Bonchev–Trinajstić information content (AvgIpc) is 2.84. The number of hydrogen-bond acceptors (Lipinski definition) is 5. The summed E-state index contributed by atoms with van der Waals surface area (Å²) in [7, 11) is 0. The van der Waals surface area contributed by atoms with E-state index in [2.05, 4.69) is 5.32 Å². The molecular formula is C27H24Cl2NNaO5. The van der Waals surface area contributed by atoms with Crippen LogP contribution in [0.5, 0.6) is 17.2 Å². The van der Waals surface area contributed by atoms with Crippen LogP contribution in [-0.4, -0.2) is 25.0 Å². The normalized spacial score (nSPS) is 14.1. The molecule has 0 aliphatic carbocycles. The number of nitrogens with one attached hydrogen (secondary N) is 1. The quantitative estimate of drug-likeness (QED) is 0.335. The third-order valence-corrected chi connectivity index (χ3v) is 6.33. The van der Waals surface area contributed by atoms with Gasteiger partial charge in [-0.1, -0.05) is 35.3 Å². The van der Waals surface area contributed by atoms with Gasteiger partial charge in [-0.2, -0.15) is 0 Å². The summed E-state index contributed by atoms with van der Waals surface area (Å²) in [6.07, 6.45) is 3.05. The number of fused-ring (bicyclic) bond motifs is 1. The van der Waals surface area contributed by atoms with Crippen molar-refractivity contribution in [1.29, 1.82) is 0 Å². The zero-order valence-electron chi connectivity index (χ0n) is 19.9. The Morgan fingerprint density at radius 1 is 1.06 bits per heavy atom. The van der Waals surface area contributed by atoms with Crippen LogP contribution >= 0.6 is 23.2 Å². The maximum Gasteiger partial charge on any atom is 1.00 e. The first-order valence-corrected chi connectivity index (χ1v) is 12.1. The molecule has 4 rings (SSSR count). The van der Waals surface area contributed by atoms with E-state index in [-0.39, 0.29) is 47.1 Å². The zero-order valence-corrected chi connectivity index (χ0v) is 23.4. The first-order chi connectivity index (χ1) is 16.9. The summed E-state index contributed by atoms with van der Waals surface area (Å²) < 4.78 is 11.4. The molecule has 182 valence electrons. The Labute approximate surface area is 242 Å². The molecule has 1 amide bonds. The minimum absolute atomic E-state index is 0. The van der Waals surface area contributed by atoms with Gasteiger partial charge in [0.2, 0.25) is 0 Å². The van der Waals surface area contributed by atoms with Crippen LogP contribution in [0.15, 0.2) is 60.7 Å². The number of carbonyl (C=O) groups is 2. The van der Waals surface area contributed by atoms with Crippen LogP contribution in [0.3, 0.4) is 0 Å². The predicted molar refractivity (Wildman–Crippen MR) is 133 cm³/mol. The van der Waals surface area contributed by atoms with E-state index in [0.717, 1.165) is 24.3 Å². The fourth-order valence-electron chi connectivity index (χ4n) is 3.96. The number of ether oxygens (including phenoxy) is 2. The molecule has 0 saturated heterocycles. The Morgan fingerprint density at radius 2 is 1.83 bits per heavy atom. The molecule has 0 spiro atoms. The summed E-state index contributed by atoms with van der Waals surface area (Å²) in [6.45, 7) is 0.854. The number of carbonyl (C=O) groups excluding carboxylic acids is 2. The third-order valence-electron chi connectivity index (χ3n) is 5.80. The van der Waals surface area contributed by atoms with Crippen molar-refractivity contribution in [2.24, 2.45) is 0 Å². The number of hydrogen-bond donors (Lipinski definition) is 1. The summed E-state index contributed by atoms with van der Waals surface area (Å²) in [4.78, 5) is 23.8. The van der Waals surface area contributed by atoms with Crippen molar-refractivity contribution in [3.63, 3.8) is 0 Å². The largest absolute Gasteiger partial charge is 1.00 e. The predicted octanol–water partition coefficient (Wildman–Crippen LogP) is 2.16. The number of carboxylic acid groups (broad SMARTS) is 1. The SMILES string of the molecule is O=C(NCCCCc1cccc(Cl)c1)c1ccc(Oc2cc3c(cc2Cl)C(C(=O)[O-])CCO3)cc1.[Na+]. The van der Waals surface area contributed by atoms with E-state index in [0.29, 0.717) is 41.3 Å². The monoisotopic (exact) mass is 535 g/mol. The fourth-order valence-corrected chi connectivity index (χ4v) is 4.39. The summed E-state index contributed by atoms with van der Waals surface area (Å²) in [5.41, 5.74) is 2.18. The molecule has 0 aromatic heterocycles. The minimum atomic E-state index is -1.16. The van der Waals surface area contributed by atoms with Gasteiger partial charge in [-0.25, -0.2) is 0 Å². The second kappa shape index (κ2) is 13.4. The molecule has 0 bridgehead atoms. The van der Waals surface area contributed by atoms with Gasteiger partial charge in [0.05, 0.1) is 11.6 Å². The number of benzene rings is 3. The standard InChI is InChI=1S/C27H25Cl2NO5.Na/c28-19-6-3-5-17(14-19)4-1-2-12-30-26(31)18-7-9-20(10-8-18)35-25-16-24-22(15-23(25)29)21(27(32)33)11-13-34-24;/h3,5-10,14-16,21H,1-2,4,11-13H2,(H,30,31)(H,32,33);/q;+1/p-1. The van der Waals surface area contributed by atoms with Crippen LogP contribution < -0.4 is 49.5 Å². The number of carboxylic acids is 1. The van der Waals surface area contributed by atoms with Crippen LogP contribution in [0.25, 0.3) is 0 Å². The molecule has 1 aliphatic heterocycles. The fraction of sp³-hybridized carbons (Fsp3) is 0.259. The third kappa shape index (κ3) is 7.40. The molecule has 6 nitrogen and oxygen atoms in total. The molecule has 0 fully saturated rings. The number of aliphatic carboxylic acids is 1. The Morgan fingerprint density at radius 3 is 2.56 bits per heavy atom. The molecule has 1 heterocycles. The average molecular weight is 536 g/mol. The molecule has 1 N–H and O–H groups in total. The molecule has 3 aromatic rings. The van der Waals surface area contributed by atoms with Gasteiger partial charge in [-0.05, 0) is 73.7 Å². The molecule has 1 aliphatic rings. The van der Waals surface area contributed by atoms with Crippen LogP contribution in [-0.2, 0) is 11.2 Å². The Bertz CT molecular complexity index is 1220.